The lowest BCUT2D eigenvalue weighted by Crippen LogP contribution is -2.52. The third-order valence-electron chi connectivity index (χ3n) is 4.55. The molecule has 0 aromatic carbocycles. The first-order valence-corrected chi connectivity index (χ1v) is 8.50. The van der Waals surface area contributed by atoms with Crippen LogP contribution >= 0.6 is 0 Å². The first-order valence-electron chi connectivity index (χ1n) is 8.50. The Balaban J connectivity index is 1.68. The molecule has 3 atom stereocenters. The van der Waals surface area contributed by atoms with Crippen LogP contribution in [-0.4, -0.2) is 40.3 Å². The molecule has 1 amide bonds. The summed E-state index contributed by atoms with van der Waals surface area (Å²) in [6.45, 7) is 6.45. The highest BCUT2D eigenvalue weighted by Gasteiger charge is 2.42. The minimum atomic E-state index is -0.452. The van der Waals surface area contributed by atoms with Crippen molar-refractivity contribution in [2.75, 3.05) is 6.54 Å². The zero-order chi connectivity index (χ0) is 16.4. The molecule has 1 aromatic heterocycles. The Kier molecular flexibility index (Phi) is 4.46. The van der Waals surface area contributed by atoms with Gasteiger partial charge in [-0.3, -0.25) is 0 Å². The van der Waals surface area contributed by atoms with Crippen LogP contribution in [0.15, 0.2) is 24.4 Å². The lowest BCUT2D eigenvalue weighted by atomic mass is 9.91. The topological polar surface area (TPSA) is 51.7 Å². The van der Waals surface area contributed by atoms with E-state index < -0.39 is 5.60 Å². The van der Waals surface area contributed by atoms with Gasteiger partial charge in [0.1, 0.15) is 11.7 Å². The summed E-state index contributed by atoms with van der Waals surface area (Å²) in [5.41, 5.74) is -0.452. The SMILES string of the molecule is CC(C)(C)OC(=O)N1CC2CCC[C@H]1C[C@H]2Oc1ccccn1. The van der Waals surface area contributed by atoms with Gasteiger partial charge in [-0.2, -0.15) is 0 Å². The van der Waals surface area contributed by atoms with Gasteiger partial charge in [0.2, 0.25) is 5.88 Å². The Labute approximate surface area is 138 Å². The van der Waals surface area contributed by atoms with Gasteiger partial charge < -0.3 is 14.4 Å². The van der Waals surface area contributed by atoms with Crippen LogP contribution in [0.1, 0.15) is 46.5 Å². The van der Waals surface area contributed by atoms with Gasteiger partial charge >= 0.3 is 6.09 Å². The molecule has 23 heavy (non-hydrogen) atoms. The van der Waals surface area contributed by atoms with Crippen molar-refractivity contribution in [2.45, 2.75) is 64.2 Å². The molecule has 0 N–H and O–H groups in total. The molecule has 1 aromatic rings. The largest absolute Gasteiger partial charge is 0.474 e. The van der Waals surface area contributed by atoms with Crippen molar-refractivity contribution >= 4 is 6.09 Å². The van der Waals surface area contributed by atoms with Crippen molar-refractivity contribution in [3.8, 4) is 5.88 Å². The van der Waals surface area contributed by atoms with Crippen molar-refractivity contribution < 1.29 is 14.3 Å². The average molecular weight is 318 g/mol. The molecular formula is C18H26N2O3. The summed E-state index contributed by atoms with van der Waals surface area (Å²) in [5, 5.41) is 0. The van der Waals surface area contributed by atoms with Crippen LogP contribution in [0.5, 0.6) is 5.88 Å². The van der Waals surface area contributed by atoms with Crippen LogP contribution in [0, 0.1) is 5.92 Å². The van der Waals surface area contributed by atoms with E-state index in [9.17, 15) is 4.79 Å². The van der Waals surface area contributed by atoms with Gasteiger partial charge in [0.15, 0.2) is 0 Å². The summed E-state index contributed by atoms with van der Waals surface area (Å²) in [4.78, 5) is 18.7. The van der Waals surface area contributed by atoms with E-state index in [2.05, 4.69) is 4.98 Å². The van der Waals surface area contributed by atoms with E-state index in [4.69, 9.17) is 9.47 Å². The highest BCUT2D eigenvalue weighted by atomic mass is 16.6. The maximum atomic E-state index is 12.5. The molecule has 2 bridgehead atoms. The Morgan fingerprint density at radius 2 is 2.13 bits per heavy atom. The molecule has 0 spiro atoms. The van der Waals surface area contributed by atoms with Crippen LogP contribution in [0.3, 0.4) is 0 Å². The first-order chi connectivity index (χ1) is 10.9. The first kappa shape index (κ1) is 16.1. The third-order valence-corrected chi connectivity index (χ3v) is 4.55. The number of fused-ring (bicyclic) bond motifs is 4. The van der Waals surface area contributed by atoms with E-state index >= 15 is 0 Å². The Bertz CT molecular complexity index is 541. The van der Waals surface area contributed by atoms with E-state index in [1.165, 1.54) is 0 Å². The number of nitrogens with zero attached hydrogens (tertiary/aromatic N) is 2. The number of carbonyl (C=O) groups is 1. The van der Waals surface area contributed by atoms with Crippen LogP contribution in [-0.2, 0) is 4.74 Å². The molecule has 4 rings (SSSR count). The average Bonchev–Trinajstić information content (AvgIpc) is 2.79. The quantitative estimate of drug-likeness (QED) is 0.835. The maximum absolute atomic E-state index is 12.5. The number of piperidine rings is 1. The second-order valence-electron chi connectivity index (χ2n) is 7.54. The van der Waals surface area contributed by atoms with Crippen LogP contribution in [0.4, 0.5) is 4.79 Å². The van der Waals surface area contributed by atoms with E-state index in [1.807, 2.05) is 43.9 Å². The summed E-state index contributed by atoms with van der Waals surface area (Å²) in [6, 6.07) is 5.92. The molecule has 1 aliphatic carbocycles. The molecule has 2 aliphatic heterocycles. The van der Waals surface area contributed by atoms with E-state index in [0.29, 0.717) is 11.8 Å². The minimum absolute atomic E-state index is 0.135. The Morgan fingerprint density at radius 1 is 1.30 bits per heavy atom. The van der Waals surface area contributed by atoms with E-state index in [-0.39, 0.29) is 18.2 Å². The van der Waals surface area contributed by atoms with Crippen LogP contribution < -0.4 is 4.74 Å². The van der Waals surface area contributed by atoms with E-state index in [0.717, 1.165) is 32.2 Å². The standard InChI is InChI=1S/C18H26N2O3/c1-18(2,3)23-17(21)20-12-13-7-6-8-14(20)11-15(13)22-16-9-4-5-10-19-16/h4-5,9-10,13-15H,6-8,11-12H2,1-3H3/t13?,14-,15+/m0/s1. The number of carbonyl (C=O) groups excluding carboxylic acids is 1. The number of ether oxygens (including phenoxy) is 2. The molecule has 3 heterocycles. The molecule has 1 saturated carbocycles. The highest BCUT2D eigenvalue weighted by molar-refractivity contribution is 5.68. The Morgan fingerprint density at radius 3 is 2.83 bits per heavy atom. The van der Waals surface area contributed by atoms with Crippen molar-refractivity contribution in [1.29, 1.82) is 0 Å². The highest BCUT2D eigenvalue weighted by Crippen LogP contribution is 2.36. The lowest BCUT2D eigenvalue weighted by molar-refractivity contribution is -0.0172. The number of hydrogen-bond donors (Lipinski definition) is 0. The summed E-state index contributed by atoms with van der Waals surface area (Å²) in [5.74, 6) is 1.03. The summed E-state index contributed by atoms with van der Waals surface area (Å²) < 4.78 is 11.7. The third kappa shape index (κ3) is 3.95. The summed E-state index contributed by atoms with van der Waals surface area (Å²) in [7, 11) is 0. The number of pyridine rings is 1. The van der Waals surface area contributed by atoms with Gasteiger partial charge in [-0.05, 0) is 39.7 Å². The molecule has 126 valence electrons. The number of hydrogen-bond acceptors (Lipinski definition) is 4. The fraction of sp³-hybridized carbons (Fsp3) is 0.667. The van der Waals surface area contributed by atoms with Gasteiger partial charge in [0.25, 0.3) is 0 Å². The van der Waals surface area contributed by atoms with Gasteiger partial charge in [0.05, 0.1) is 0 Å². The zero-order valence-corrected chi connectivity index (χ0v) is 14.2. The van der Waals surface area contributed by atoms with Crippen LogP contribution in [0.2, 0.25) is 0 Å². The molecular weight excluding hydrogens is 292 g/mol. The minimum Gasteiger partial charge on any atom is -0.474 e. The normalized spacial score (nSPS) is 27.4. The fourth-order valence-corrected chi connectivity index (χ4v) is 3.53. The number of rotatable bonds is 2. The second-order valence-corrected chi connectivity index (χ2v) is 7.54. The number of amides is 1. The molecule has 2 saturated heterocycles. The van der Waals surface area contributed by atoms with Gasteiger partial charge in [-0.1, -0.05) is 12.5 Å². The second kappa shape index (κ2) is 6.38. The van der Waals surface area contributed by atoms with Crippen LogP contribution in [0.25, 0.3) is 0 Å². The van der Waals surface area contributed by atoms with Crippen molar-refractivity contribution in [3.63, 3.8) is 0 Å². The van der Waals surface area contributed by atoms with Gasteiger partial charge in [0, 0.05) is 37.2 Å². The Hall–Kier alpha value is -1.78. The predicted molar refractivity (Wildman–Crippen MR) is 87.3 cm³/mol. The van der Waals surface area contributed by atoms with Gasteiger partial charge in [-0.25, -0.2) is 9.78 Å². The predicted octanol–water partition coefficient (Wildman–Crippen LogP) is 3.64. The molecule has 0 radical (unpaired) electrons. The van der Waals surface area contributed by atoms with Crippen molar-refractivity contribution in [3.05, 3.63) is 24.4 Å². The maximum Gasteiger partial charge on any atom is 0.410 e. The van der Waals surface area contributed by atoms with Crippen molar-refractivity contribution in [2.24, 2.45) is 5.92 Å². The molecule has 5 nitrogen and oxygen atoms in total. The van der Waals surface area contributed by atoms with Gasteiger partial charge in [-0.15, -0.1) is 0 Å². The fourth-order valence-electron chi connectivity index (χ4n) is 3.53. The lowest BCUT2D eigenvalue weighted by Gasteiger charge is -2.41. The molecule has 5 heteroatoms. The molecule has 3 fully saturated rings. The smallest absolute Gasteiger partial charge is 0.410 e. The number of aromatic nitrogens is 1. The summed E-state index contributed by atoms with van der Waals surface area (Å²) in [6.07, 6.45) is 5.81. The zero-order valence-electron chi connectivity index (χ0n) is 14.2. The van der Waals surface area contributed by atoms with Crippen molar-refractivity contribution in [1.82, 2.24) is 9.88 Å². The summed E-state index contributed by atoms with van der Waals surface area (Å²) >= 11 is 0. The van der Waals surface area contributed by atoms with E-state index in [1.54, 1.807) is 6.20 Å². The molecule has 1 unspecified atom stereocenters. The molecule has 3 aliphatic rings. The monoisotopic (exact) mass is 318 g/mol.